The van der Waals surface area contributed by atoms with Gasteiger partial charge in [0.15, 0.2) is 0 Å². The highest BCUT2D eigenvalue weighted by Crippen LogP contribution is 2.17. The average Bonchev–Trinajstić information content (AvgIpc) is 3.10. The zero-order valence-corrected chi connectivity index (χ0v) is 35.7. The van der Waals surface area contributed by atoms with Crippen molar-refractivity contribution in [2.24, 2.45) is 0 Å². The first-order valence-electron chi connectivity index (χ1n) is 21.8. The first-order valence-corrected chi connectivity index (χ1v) is 23.8. The summed E-state index contributed by atoms with van der Waals surface area (Å²) in [6, 6.07) is 0. The number of rotatable bonds is 40. The van der Waals surface area contributed by atoms with Crippen molar-refractivity contribution in [3.8, 4) is 0 Å². The number of unbranched alkanes of at least 4 members (excludes halogenated alkanes) is 28. The summed E-state index contributed by atoms with van der Waals surface area (Å²) in [5.74, 6) is -0.744. The molecular formula is C42H84O6SSi. The molecule has 0 rings (SSSR count). The van der Waals surface area contributed by atoms with Crippen LogP contribution in [0.4, 0.5) is 0 Å². The van der Waals surface area contributed by atoms with Gasteiger partial charge in [0.1, 0.15) is 6.10 Å². The fourth-order valence-corrected chi connectivity index (χ4v) is 7.77. The average molecular weight is 745 g/mol. The predicted octanol–water partition coefficient (Wildman–Crippen LogP) is 13.7. The molecule has 0 amide bonds. The smallest absolute Gasteiger partial charge is 0.465 e. The highest BCUT2D eigenvalue weighted by molar-refractivity contribution is 7.81. The Morgan fingerprint density at radius 1 is 0.460 bits per heavy atom. The van der Waals surface area contributed by atoms with Crippen LogP contribution in [-0.2, 0) is 27.9 Å². The fourth-order valence-electron chi connectivity index (χ4n) is 6.40. The van der Waals surface area contributed by atoms with Crippen molar-refractivity contribution >= 4 is 34.1 Å². The van der Waals surface area contributed by atoms with Gasteiger partial charge in [0, 0.05) is 18.1 Å². The molecule has 0 aromatic rings. The summed E-state index contributed by atoms with van der Waals surface area (Å²) >= 11 is 4.58. The predicted molar refractivity (Wildman–Crippen MR) is 218 cm³/mol. The van der Waals surface area contributed by atoms with E-state index in [9.17, 15) is 9.59 Å². The summed E-state index contributed by atoms with van der Waals surface area (Å²) in [4.78, 5) is 30.8. The molecule has 8 heteroatoms. The van der Waals surface area contributed by atoms with E-state index in [0.717, 1.165) is 51.4 Å². The first kappa shape index (κ1) is 49.4. The summed E-state index contributed by atoms with van der Waals surface area (Å²) < 4.78 is 16.6. The van der Waals surface area contributed by atoms with E-state index >= 15 is 0 Å². The third-order valence-corrected chi connectivity index (χ3v) is 11.7. The van der Waals surface area contributed by atoms with Gasteiger partial charge in [-0.25, -0.2) is 9.46 Å². The first-order chi connectivity index (χ1) is 24.4. The van der Waals surface area contributed by atoms with Crippen molar-refractivity contribution in [1.82, 2.24) is 0 Å². The van der Waals surface area contributed by atoms with E-state index in [0.29, 0.717) is 12.8 Å². The highest BCUT2D eigenvalue weighted by atomic mass is 32.1. The zero-order chi connectivity index (χ0) is 36.8. The van der Waals surface area contributed by atoms with Crippen LogP contribution >= 0.6 is 12.6 Å². The summed E-state index contributed by atoms with van der Waals surface area (Å²) in [6.07, 6.45) is 40.5. The number of thiol groups is 1. The molecule has 6 nitrogen and oxygen atoms in total. The minimum Gasteiger partial charge on any atom is -0.465 e. The third kappa shape index (κ3) is 35.8. The Hall–Kier alpha value is -0.573. The lowest BCUT2D eigenvalue weighted by Crippen LogP contribution is -2.35. The minimum atomic E-state index is -3.11. The van der Waals surface area contributed by atoms with Crippen molar-refractivity contribution in [2.75, 3.05) is 0 Å². The molecule has 0 bridgehead atoms. The molecule has 0 aromatic heterocycles. The van der Waals surface area contributed by atoms with Crippen LogP contribution in [-0.4, -0.2) is 32.8 Å². The molecule has 50 heavy (non-hydrogen) atoms. The number of hydrogen-bond donors (Lipinski definition) is 1. The monoisotopic (exact) mass is 745 g/mol. The largest absolute Gasteiger partial charge is 0.647 e. The molecule has 0 aliphatic carbocycles. The zero-order valence-electron chi connectivity index (χ0n) is 33.7. The molecule has 2 atom stereocenters. The van der Waals surface area contributed by atoms with Gasteiger partial charge in [0.25, 0.3) is 11.9 Å². The fraction of sp³-hybridized carbons (Fsp3) is 0.952. The summed E-state index contributed by atoms with van der Waals surface area (Å²) in [5, 5.41) is -0.0123. The van der Waals surface area contributed by atoms with Crippen LogP contribution in [0.3, 0.4) is 0 Å². The van der Waals surface area contributed by atoms with Crippen LogP contribution < -0.4 is 0 Å². The summed E-state index contributed by atoms with van der Waals surface area (Å²) in [5.41, 5.74) is 0. The molecule has 0 heterocycles. The number of carbonyl (C=O) groups excluding carboxylic acids is 2. The minimum absolute atomic E-state index is 0.0123. The van der Waals surface area contributed by atoms with E-state index in [-0.39, 0.29) is 23.3 Å². The highest BCUT2D eigenvalue weighted by Gasteiger charge is 2.28. The van der Waals surface area contributed by atoms with Gasteiger partial charge >= 0.3 is 9.53 Å². The van der Waals surface area contributed by atoms with Crippen LogP contribution in [0, 0.1) is 0 Å². The van der Waals surface area contributed by atoms with E-state index in [4.69, 9.17) is 18.3 Å². The van der Waals surface area contributed by atoms with Crippen molar-refractivity contribution in [3.05, 3.63) is 0 Å². The van der Waals surface area contributed by atoms with Crippen molar-refractivity contribution < 1.29 is 27.9 Å². The lowest BCUT2D eigenvalue weighted by atomic mass is 10.0. The van der Waals surface area contributed by atoms with Crippen molar-refractivity contribution in [2.45, 2.75) is 257 Å². The summed E-state index contributed by atoms with van der Waals surface area (Å²) in [6.45, 7) is 8.51. The maximum atomic E-state index is 12.6. The Morgan fingerprint density at radius 2 is 0.740 bits per heavy atom. The maximum Gasteiger partial charge on any atom is 0.647 e. The van der Waals surface area contributed by atoms with E-state index in [1.54, 1.807) is 0 Å². The van der Waals surface area contributed by atoms with Gasteiger partial charge in [-0.05, 0) is 26.2 Å². The normalized spacial score (nSPS) is 12.8. The van der Waals surface area contributed by atoms with Gasteiger partial charge < -0.3 is 8.85 Å². The van der Waals surface area contributed by atoms with Crippen LogP contribution in [0.5, 0.6) is 0 Å². The quantitative estimate of drug-likeness (QED) is 0.0221. The topological polar surface area (TPSA) is 71.1 Å². The molecular weight excluding hydrogens is 661 g/mol. The lowest BCUT2D eigenvalue weighted by molar-refractivity contribution is -0.267. The second-order valence-corrected chi connectivity index (χ2v) is 16.8. The Kier molecular flexibility index (Phi) is 39.2. The number of hydrogen-bond acceptors (Lipinski definition) is 7. The molecule has 0 saturated heterocycles. The van der Waals surface area contributed by atoms with Crippen LogP contribution in [0.2, 0.25) is 0 Å². The lowest BCUT2D eigenvalue weighted by Gasteiger charge is -2.21. The van der Waals surface area contributed by atoms with Crippen LogP contribution in [0.1, 0.15) is 246 Å². The van der Waals surface area contributed by atoms with E-state index in [2.05, 4.69) is 33.4 Å². The molecule has 0 aliphatic rings. The standard InChI is InChI=1S/C42H84O6SSi/c1-5-8-10-12-14-16-18-20-22-24-26-28-30-32-34-37-41(43)46-50(48-45-39(4)40(49)36-7-3)47-42(44)38-35-33-31-29-27-25-23-21-19-17-15-13-11-9-6-2/h39-40,49-50H,5-38H2,1-4H3. The van der Waals surface area contributed by atoms with Gasteiger partial charge in [0.05, 0.1) is 0 Å². The van der Waals surface area contributed by atoms with Gasteiger partial charge in [-0.3, -0.25) is 9.59 Å². The van der Waals surface area contributed by atoms with E-state index < -0.39 is 9.53 Å². The van der Waals surface area contributed by atoms with Gasteiger partial charge in [0.2, 0.25) is 0 Å². The van der Waals surface area contributed by atoms with E-state index in [1.165, 1.54) is 154 Å². The third-order valence-electron chi connectivity index (χ3n) is 9.84. The Morgan fingerprint density at radius 3 is 1.02 bits per heavy atom. The number of carbonyl (C=O) groups is 2. The molecule has 0 aromatic carbocycles. The Labute approximate surface area is 318 Å². The maximum absolute atomic E-state index is 12.6. The Balaban J connectivity index is 4.11. The van der Waals surface area contributed by atoms with Gasteiger partial charge in [-0.2, -0.15) is 12.6 Å². The summed E-state index contributed by atoms with van der Waals surface area (Å²) in [7, 11) is -3.11. The van der Waals surface area contributed by atoms with Crippen LogP contribution in [0.25, 0.3) is 0 Å². The SMILES string of the molecule is CCCCCCCCCCCCCCCCCC(=O)O[SiH](OOC(C)C(S)CCC)OC(=O)CCCCCCCCCCCCCCCCC. The molecule has 298 valence electrons. The molecule has 0 radical (unpaired) electrons. The second kappa shape index (κ2) is 39.6. The van der Waals surface area contributed by atoms with Crippen LogP contribution in [0.15, 0.2) is 0 Å². The van der Waals surface area contributed by atoms with Crippen molar-refractivity contribution in [3.63, 3.8) is 0 Å². The molecule has 0 spiro atoms. The molecule has 0 N–H and O–H groups in total. The molecule has 0 fully saturated rings. The van der Waals surface area contributed by atoms with Gasteiger partial charge in [-0.1, -0.05) is 207 Å². The van der Waals surface area contributed by atoms with Gasteiger partial charge in [-0.15, -0.1) is 0 Å². The second-order valence-electron chi connectivity index (χ2n) is 14.9. The molecule has 0 aliphatic heterocycles. The molecule has 0 saturated carbocycles. The van der Waals surface area contributed by atoms with E-state index in [1.807, 2.05) is 6.92 Å². The molecule has 2 unspecified atom stereocenters. The van der Waals surface area contributed by atoms with Crippen molar-refractivity contribution in [1.29, 1.82) is 0 Å². The Bertz CT molecular complexity index is 678.